The lowest BCUT2D eigenvalue weighted by Crippen LogP contribution is -2.48. The Morgan fingerprint density at radius 1 is 1.12 bits per heavy atom. The van der Waals surface area contributed by atoms with Crippen molar-refractivity contribution in [3.8, 4) is 5.69 Å². The zero-order valence-corrected chi connectivity index (χ0v) is 24.4. The molecule has 3 aromatic heterocycles. The Morgan fingerprint density at radius 2 is 1.93 bits per heavy atom. The van der Waals surface area contributed by atoms with Gasteiger partial charge in [-0.1, -0.05) is 32.0 Å². The zero-order valence-electron chi connectivity index (χ0n) is 24.4. The molecule has 0 atom stereocenters. The number of anilines is 2. The first kappa shape index (κ1) is 27.3. The van der Waals surface area contributed by atoms with Crippen LogP contribution in [0.25, 0.3) is 22.2 Å². The fourth-order valence-corrected chi connectivity index (χ4v) is 5.58. The number of carbonyl (C=O) groups is 1. The minimum absolute atomic E-state index is 0.0781. The number of hydrogen-bond donors (Lipinski definition) is 3. The monoisotopic (exact) mass is 580 g/mol. The molecule has 7 rings (SSSR count). The van der Waals surface area contributed by atoms with Gasteiger partial charge in [0.1, 0.15) is 0 Å². The maximum atomic E-state index is 12.7. The van der Waals surface area contributed by atoms with E-state index in [4.69, 9.17) is 25.5 Å². The lowest BCUT2D eigenvalue weighted by molar-refractivity contribution is -0.00346. The Morgan fingerprint density at radius 3 is 2.70 bits per heavy atom. The highest BCUT2D eigenvalue weighted by Gasteiger charge is 2.23. The van der Waals surface area contributed by atoms with E-state index in [1.54, 1.807) is 4.52 Å². The van der Waals surface area contributed by atoms with E-state index in [1.165, 1.54) is 0 Å². The normalized spacial score (nSPS) is 16.2. The highest BCUT2D eigenvalue weighted by atomic mass is 16.5. The lowest BCUT2D eigenvalue weighted by atomic mass is 10.1. The number of nitrogens with two attached hydrogens (primary N) is 1. The molecule has 0 spiro atoms. The average molecular weight is 581 g/mol. The summed E-state index contributed by atoms with van der Waals surface area (Å²) >= 11 is 0. The summed E-state index contributed by atoms with van der Waals surface area (Å²) in [5, 5.41) is 16.9. The van der Waals surface area contributed by atoms with Gasteiger partial charge < -0.3 is 26.0 Å². The number of fused-ring (bicyclic) bond motifs is 2. The van der Waals surface area contributed by atoms with Crippen molar-refractivity contribution in [1.82, 2.24) is 34.7 Å². The molecule has 5 aromatic rings. The maximum Gasteiger partial charge on any atom is 0.251 e. The Hall–Kier alpha value is -4.55. The largest absolute Gasteiger partial charge is 0.377 e. The van der Waals surface area contributed by atoms with Crippen LogP contribution in [0.4, 0.5) is 11.9 Å². The quantitative estimate of drug-likeness (QED) is 0.252. The maximum absolute atomic E-state index is 12.7. The molecule has 0 saturated carbocycles. The molecule has 12 nitrogen and oxygen atoms in total. The number of nitrogens with one attached hydrogen (secondary N) is 2. The molecule has 12 heteroatoms. The molecular formula is C31H36N10O2. The van der Waals surface area contributed by atoms with E-state index in [-0.39, 0.29) is 23.9 Å². The smallest absolute Gasteiger partial charge is 0.251 e. The third-order valence-electron chi connectivity index (χ3n) is 8.24. The summed E-state index contributed by atoms with van der Waals surface area (Å²) in [4.78, 5) is 24.8. The average Bonchev–Trinajstić information content (AvgIpc) is 3.62. The molecule has 0 radical (unpaired) electrons. The van der Waals surface area contributed by atoms with Gasteiger partial charge in [0.15, 0.2) is 5.65 Å². The number of hydrogen-bond acceptors (Lipinski definition) is 9. The standard InChI is InChI=1S/C31H36N10O2/c1-19(2)25-15-34-41-28(25)36-31(39-11-9-23(32)10-12-39)37-30(41)33-14-21-5-3-4-6-27(21)40-16-22-13-20(7-8-26(22)38-40)29(42)35-24-17-43-18-24/h3-8,13,15-16,19,23-24H,9-12,14,17-18,32H2,1-2H3,(H,35,42)(H,33,36,37). The van der Waals surface area contributed by atoms with Gasteiger partial charge in [-0.3, -0.25) is 4.79 Å². The summed E-state index contributed by atoms with van der Waals surface area (Å²) in [7, 11) is 0. The summed E-state index contributed by atoms with van der Waals surface area (Å²) in [6.45, 7) is 7.57. The summed E-state index contributed by atoms with van der Waals surface area (Å²) in [6.07, 6.45) is 5.68. The fraction of sp³-hybridized carbons (Fsp3) is 0.387. The van der Waals surface area contributed by atoms with Crippen molar-refractivity contribution in [3.05, 3.63) is 71.5 Å². The number of para-hydroxylation sites is 1. The van der Waals surface area contributed by atoms with Gasteiger partial charge in [0.25, 0.3) is 5.91 Å². The van der Waals surface area contributed by atoms with Crippen molar-refractivity contribution in [2.45, 2.75) is 51.2 Å². The molecule has 5 heterocycles. The topological polar surface area (TPSA) is 141 Å². The van der Waals surface area contributed by atoms with Crippen LogP contribution in [0.5, 0.6) is 0 Å². The molecule has 0 aliphatic carbocycles. The van der Waals surface area contributed by atoms with Crippen LogP contribution in [0.2, 0.25) is 0 Å². The molecule has 0 unspecified atom stereocenters. The van der Waals surface area contributed by atoms with Crippen LogP contribution in [0, 0.1) is 0 Å². The van der Waals surface area contributed by atoms with Crippen molar-refractivity contribution in [2.24, 2.45) is 5.73 Å². The summed E-state index contributed by atoms with van der Waals surface area (Å²) in [5.41, 5.74) is 11.4. The molecule has 222 valence electrons. The molecule has 2 aromatic carbocycles. The fourth-order valence-electron chi connectivity index (χ4n) is 5.58. The molecule has 2 fully saturated rings. The summed E-state index contributed by atoms with van der Waals surface area (Å²) < 4.78 is 8.83. The summed E-state index contributed by atoms with van der Waals surface area (Å²) in [6, 6.07) is 14.0. The van der Waals surface area contributed by atoms with Gasteiger partial charge in [-0.15, -0.1) is 0 Å². The van der Waals surface area contributed by atoms with Crippen LogP contribution in [0.15, 0.2) is 54.9 Å². The van der Waals surface area contributed by atoms with E-state index < -0.39 is 0 Å². The number of amides is 1. The molecule has 4 N–H and O–H groups in total. The van der Waals surface area contributed by atoms with Gasteiger partial charge >= 0.3 is 0 Å². The lowest BCUT2D eigenvalue weighted by Gasteiger charge is -2.30. The Labute approximate surface area is 249 Å². The Balaban J connectivity index is 1.17. The molecule has 0 bridgehead atoms. The molecule has 43 heavy (non-hydrogen) atoms. The van der Waals surface area contributed by atoms with E-state index in [9.17, 15) is 4.79 Å². The van der Waals surface area contributed by atoms with Crippen molar-refractivity contribution in [3.63, 3.8) is 0 Å². The number of ether oxygens (including phenoxy) is 1. The number of nitrogens with zero attached hydrogens (tertiary/aromatic N) is 7. The van der Waals surface area contributed by atoms with Crippen molar-refractivity contribution >= 4 is 34.4 Å². The first-order chi connectivity index (χ1) is 20.9. The predicted octanol–water partition coefficient (Wildman–Crippen LogP) is 3.25. The van der Waals surface area contributed by atoms with Gasteiger partial charge in [-0.05, 0) is 48.6 Å². The van der Waals surface area contributed by atoms with E-state index in [0.29, 0.717) is 37.2 Å². The molecule has 1 amide bonds. The molecular weight excluding hydrogens is 544 g/mol. The van der Waals surface area contributed by atoms with Gasteiger partial charge in [-0.25, -0.2) is 4.68 Å². The third kappa shape index (κ3) is 5.39. The first-order valence-corrected chi connectivity index (χ1v) is 14.9. The predicted molar refractivity (Wildman–Crippen MR) is 165 cm³/mol. The second-order valence-electron chi connectivity index (χ2n) is 11.7. The van der Waals surface area contributed by atoms with Crippen LogP contribution in [0.1, 0.15) is 54.1 Å². The minimum atomic E-state index is -0.102. The molecule has 2 aliphatic heterocycles. The Kier molecular flexibility index (Phi) is 7.15. The highest BCUT2D eigenvalue weighted by molar-refractivity contribution is 5.98. The first-order valence-electron chi connectivity index (χ1n) is 14.9. The van der Waals surface area contributed by atoms with Crippen LogP contribution in [-0.2, 0) is 11.3 Å². The Bertz CT molecular complexity index is 1780. The van der Waals surface area contributed by atoms with Crippen molar-refractivity contribution in [2.75, 3.05) is 36.5 Å². The second kappa shape index (κ2) is 11.3. The van der Waals surface area contributed by atoms with Crippen LogP contribution in [0.3, 0.4) is 0 Å². The van der Waals surface area contributed by atoms with E-state index in [0.717, 1.165) is 59.3 Å². The van der Waals surface area contributed by atoms with Gasteiger partial charge in [0.05, 0.1) is 36.7 Å². The van der Waals surface area contributed by atoms with Gasteiger partial charge in [0.2, 0.25) is 11.9 Å². The third-order valence-corrected chi connectivity index (χ3v) is 8.24. The number of benzene rings is 2. The van der Waals surface area contributed by atoms with Gasteiger partial charge in [0, 0.05) is 48.4 Å². The van der Waals surface area contributed by atoms with E-state index >= 15 is 0 Å². The number of piperidine rings is 1. The van der Waals surface area contributed by atoms with Crippen LogP contribution in [-0.4, -0.2) is 73.7 Å². The highest BCUT2D eigenvalue weighted by Crippen LogP contribution is 2.26. The molecule has 2 saturated heterocycles. The van der Waals surface area contributed by atoms with Crippen LogP contribution < -0.4 is 21.3 Å². The van der Waals surface area contributed by atoms with Gasteiger partial charge in [-0.2, -0.15) is 24.7 Å². The second-order valence-corrected chi connectivity index (χ2v) is 11.7. The van der Waals surface area contributed by atoms with Crippen molar-refractivity contribution < 1.29 is 9.53 Å². The van der Waals surface area contributed by atoms with Crippen molar-refractivity contribution in [1.29, 1.82) is 0 Å². The van der Waals surface area contributed by atoms with Crippen LogP contribution >= 0.6 is 0 Å². The SMILES string of the molecule is CC(C)c1cnn2c(NCc3ccccc3-n3cc4cc(C(=O)NC5COC5)ccc4n3)nc(N3CCC(N)CC3)nc12. The summed E-state index contributed by atoms with van der Waals surface area (Å²) in [5.74, 6) is 1.50. The van der Waals surface area contributed by atoms with E-state index in [2.05, 4.69) is 40.5 Å². The number of rotatable bonds is 8. The number of aromatic nitrogens is 6. The number of carbonyl (C=O) groups excluding carboxylic acids is 1. The zero-order chi connectivity index (χ0) is 29.5. The van der Waals surface area contributed by atoms with E-state index in [1.807, 2.05) is 53.5 Å². The molecule has 2 aliphatic rings. The minimum Gasteiger partial charge on any atom is -0.377 e.